The average molecular weight is 458 g/mol. The van der Waals surface area contributed by atoms with E-state index in [1.54, 1.807) is 28.4 Å². The first-order valence-corrected chi connectivity index (χ1v) is 11.9. The maximum Gasteiger partial charge on any atom is 0.262 e. The van der Waals surface area contributed by atoms with Gasteiger partial charge in [-0.3, -0.25) is 14.2 Å². The number of hydrogen-bond acceptors (Lipinski definition) is 6. The molecule has 3 aromatic heterocycles. The van der Waals surface area contributed by atoms with Crippen molar-refractivity contribution in [1.29, 1.82) is 0 Å². The summed E-state index contributed by atoms with van der Waals surface area (Å²) in [5, 5.41) is 1.39. The number of aromatic nitrogens is 3. The smallest absolute Gasteiger partial charge is 0.262 e. The zero-order valence-electron chi connectivity index (χ0n) is 17.2. The van der Waals surface area contributed by atoms with Crippen LogP contribution in [0.4, 0.5) is 5.82 Å². The maximum atomic E-state index is 13.1. The van der Waals surface area contributed by atoms with Crippen LogP contribution >= 0.6 is 22.9 Å². The molecule has 0 bridgehead atoms. The van der Waals surface area contributed by atoms with E-state index in [4.69, 9.17) is 11.6 Å². The number of halogens is 1. The molecule has 31 heavy (non-hydrogen) atoms. The Balaban J connectivity index is 1.22. The van der Waals surface area contributed by atoms with Crippen molar-refractivity contribution in [2.45, 2.75) is 38.6 Å². The minimum Gasteiger partial charge on any atom is -0.353 e. The molecule has 1 amide bonds. The van der Waals surface area contributed by atoms with Gasteiger partial charge in [0.05, 0.1) is 16.7 Å². The highest BCUT2D eigenvalue weighted by Gasteiger charge is 2.23. The number of aryl methyl sites for hydroxylation is 3. The Morgan fingerprint density at radius 3 is 2.68 bits per heavy atom. The quantitative estimate of drug-likeness (QED) is 0.602. The van der Waals surface area contributed by atoms with Crippen LogP contribution in [0.3, 0.4) is 0 Å². The molecule has 0 spiro atoms. The fraction of sp³-hybridized carbons (Fsp3) is 0.455. The van der Waals surface area contributed by atoms with Gasteiger partial charge in [0, 0.05) is 50.2 Å². The third-order valence-electron chi connectivity index (χ3n) is 6.18. The van der Waals surface area contributed by atoms with Gasteiger partial charge in [-0.05, 0) is 43.4 Å². The molecule has 7 nitrogen and oxygen atoms in total. The minimum atomic E-state index is -0.00386. The number of carbonyl (C=O) groups excluding carboxylic acids is 1. The molecule has 2 aliphatic rings. The summed E-state index contributed by atoms with van der Waals surface area (Å²) in [6.45, 7) is 3.12. The van der Waals surface area contributed by atoms with Crippen molar-refractivity contribution in [2.24, 2.45) is 0 Å². The standard InChI is InChI=1S/C22H24ClN5O2S/c23-15-5-6-18(24-13-15)26-9-11-27(12-10-26)19(29)7-8-28-14-25-21-20(22(28)30)16-3-1-2-4-17(16)31-21/h5-6,13-14H,1-4,7-12H2. The predicted molar refractivity (Wildman–Crippen MR) is 123 cm³/mol. The number of thiophene rings is 1. The van der Waals surface area contributed by atoms with Gasteiger partial charge in [-0.1, -0.05) is 11.6 Å². The number of anilines is 1. The lowest BCUT2D eigenvalue weighted by molar-refractivity contribution is -0.131. The van der Waals surface area contributed by atoms with E-state index in [9.17, 15) is 9.59 Å². The summed E-state index contributed by atoms with van der Waals surface area (Å²) in [5.74, 6) is 0.949. The van der Waals surface area contributed by atoms with Gasteiger partial charge in [-0.25, -0.2) is 9.97 Å². The third kappa shape index (κ3) is 4.06. The zero-order chi connectivity index (χ0) is 21.4. The van der Waals surface area contributed by atoms with Crippen LogP contribution in [0, 0.1) is 0 Å². The first kappa shape index (κ1) is 20.5. The summed E-state index contributed by atoms with van der Waals surface area (Å²) in [7, 11) is 0. The van der Waals surface area contributed by atoms with Crippen LogP contribution in [-0.2, 0) is 24.2 Å². The Morgan fingerprint density at radius 1 is 1.10 bits per heavy atom. The van der Waals surface area contributed by atoms with E-state index in [1.807, 2.05) is 17.0 Å². The molecule has 4 heterocycles. The third-order valence-corrected chi connectivity index (χ3v) is 7.60. The topological polar surface area (TPSA) is 71.3 Å². The number of carbonyl (C=O) groups is 1. The van der Waals surface area contributed by atoms with Gasteiger partial charge in [0.2, 0.25) is 5.91 Å². The van der Waals surface area contributed by atoms with Crippen LogP contribution in [0.2, 0.25) is 5.02 Å². The average Bonchev–Trinajstić information content (AvgIpc) is 3.18. The highest BCUT2D eigenvalue weighted by Crippen LogP contribution is 2.33. The van der Waals surface area contributed by atoms with Crippen LogP contribution < -0.4 is 10.5 Å². The largest absolute Gasteiger partial charge is 0.353 e. The maximum absolute atomic E-state index is 13.1. The molecule has 9 heteroatoms. The predicted octanol–water partition coefficient (Wildman–Crippen LogP) is 3.12. The summed E-state index contributed by atoms with van der Waals surface area (Å²) in [6, 6.07) is 3.73. The van der Waals surface area contributed by atoms with Gasteiger partial charge < -0.3 is 9.80 Å². The first-order valence-electron chi connectivity index (χ1n) is 10.7. The summed E-state index contributed by atoms with van der Waals surface area (Å²) in [6.07, 6.45) is 7.87. The molecule has 0 unspecified atom stereocenters. The number of piperazine rings is 1. The molecule has 0 N–H and O–H groups in total. The number of nitrogens with zero attached hydrogens (tertiary/aromatic N) is 5. The fourth-order valence-electron chi connectivity index (χ4n) is 4.45. The second-order valence-corrected chi connectivity index (χ2v) is 9.61. The Labute approximate surface area is 189 Å². The van der Waals surface area contributed by atoms with Crippen LogP contribution in [0.5, 0.6) is 0 Å². The lowest BCUT2D eigenvalue weighted by Crippen LogP contribution is -2.49. The normalized spacial score (nSPS) is 16.5. The number of rotatable bonds is 4. The molecule has 0 radical (unpaired) electrons. The van der Waals surface area contributed by atoms with E-state index in [2.05, 4.69) is 14.9 Å². The summed E-state index contributed by atoms with van der Waals surface area (Å²) in [5.41, 5.74) is 1.19. The molecule has 1 saturated heterocycles. The highest BCUT2D eigenvalue weighted by molar-refractivity contribution is 7.18. The number of hydrogen-bond donors (Lipinski definition) is 0. The van der Waals surface area contributed by atoms with Gasteiger partial charge in [0.1, 0.15) is 10.6 Å². The SMILES string of the molecule is O=C(CCn1cnc2sc3c(c2c1=O)CCCC3)N1CCN(c2ccc(Cl)cn2)CC1. The van der Waals surface area contributed by atoms with Gasteiger partial charge in [0.15, 0.2) is 0 Å². The molecule has 1 aliphatic heterocycles. The van der Waals surface area contributed by atoms with Crippen molar-refractivity contribution in [3.63, 3.8) is 0 Å². The Morgan fingerprint density at radius 2 is 1.90 bits per heavy atom. The van der Waals surface area contributed by atoms with Crippen molar-refractivity contribution in [2.75, 3.05) is 31.1 Å². The van der Waals surface area contributed by atoms with Crippen molar-refractivity contribution >= 4 is 44.9 Å². The molecule has 1 aliphatic carbocycles. The van der Waals surface area contributed by atoms with Crippen molar-refractivity contribution in [1.82, 2.24) is 19.4 Å². The van der Waals surface area contributed by atoms with Crippen LogP contribution in [0.1, 0.15) is 29.7 Å². The summed E-state index contributed by atoms with van der Waals surface area (Å²) >= 11 is 7.56. The molecular formula is C22H24ClN5O2S. The van der Waals surface area contributed by atoms with E-state index >= 15 is 0 Å². The Bertz CT molecular complexity index is 1170. The monoisotopic (exact) mass is 457 g/mol. The van der Waals surface area contributed by atoms with Gasteiger partial charge in [-0.2, -0.15) is 0 Å². The molecular weight excluding hydrogens is 434 g/mol. The van der Waals surface area contributed by atoms with Crippen LogP contribution in [0.15, 0.2) is 29.5 Å². The molecule has 3 aromatic rings. The molecule has 0 aromatic carbocycles. The lowest BCUT2D eigenvalue weighted by Gasteiger charge is -2.35. The molecule has 1 fully saturated rings. The van der Waals surface area contributed by atoms with Crippen molar-refractivity contribution < 1.29 is 4.79 Å². The molecule has 0 saturated carbocycles. The van der Waals surface area contributed by atoms with E-state index in [1.165, 1.54) is 16.9 Å². The van der Waals surface area contributed by atoms with E-state index in [0.29, 0.717) is 31.1 Å². The van der Waals surface area contributed by atoms with E-state index in [-0.39, 0.29) is 11.5 Å². The van der Waals surface area contributed by atoms with Crippen molar-refractivity contribution in [3.05, 3.63) is 50.5 Å². The highest BCUT2D eigenvalue weighted by atomic mass is 35.5. The number of pyridine rings is 1. The first-order chi connectivity index (χ1) is 15.1. The second-order valence-electron chi connectivity index (χ2n) is 8.09. The lowest BCUT2D eigenvalue weighted by atomic mass is 9.97. The number of amides is 1. The van der Waals surface area contributed by atoms with Gasteiger partial charge in [-0.15, -0.1) is 11.3 Å². The van der Waals surface area contributed by atoms with Gasteiger partial charge in [0.25, 0.3) is 5.56 Å². The van der Waals surface area contributed by atoms with E-state index < -0.39 is 0 Å². The van der Waals surface area contributed by atoms with E-state index in [0.717, 1.165) is 48.4 Å². The molecule has 5 rings (SSSR count). The summed E-state index contributed by atoms with van der Waals surface area (Å²) < 4.78 is 1.61. The minimum absolute atomic E-state index is 0.00386. The van der Waals surface area contributed by atoms with Crippen molar-refractivity contribution in [3.8, 4) is 0 Å². The molecule has 162 valence electrons. The fourth-order valence-corrected chi connectivity index (χ4v) is 5.79. The summed E-state index contributed by atoms with van der Waals surface area (Å²) in [4.78, 5) is 40.9. The van der Waals surface area contributed by atoms with Crippen LogP contribution in [0.25, 0.3) is 10.2 Å². The van der Waals surface area contributed by atoms with Crippen LogP contribution in [-0.4, -0.2) is 51.5 Å². The molecule has 0 atom stereocenters. The number of fused-ring (bicyclic) bond motifs is 3. The Kier molecular flexibility index (Phi) is 5.67. The zero-order valence-corrected chi connectivity index (χ0v) is 18.8. The van der Waals surface area contributed by atoms with Gasteiger partial charge >= 0.3 is 0 Å². The second kappa shape index (κ2) is 8.59. The Hall–Kier alpha value is -2.45.